The Morgan fingerprint density at radius 1 is 0.900 bits per heavy atom. The fraction of sp³-hybridized carbons (Fsp3) is 0.294. The molecule has 0 radical (unpaired) electrons. The summed E-state index contributed by atoms with van der Waals surface area (Å²) in [5.41, 5.74) is 3.66. The molecule has 0 aliphatic rings. The molecule has 3 nitrogen and oxygen atoms in total. The number of para-hydroxylation sites is 1. The monoisotopic (exact) mass is 272 g/mol. The lowest BCUT2D eigenvalue weighted by Gasteiger charge is -2.19. The minimum atomic E-state index is -0.777. The minimum absolute atomic E-state index is 0.667. The molecule has 0 saturated heterocycles. The van der Waals surface area contributed by atoms with Crippen LogP contribution in [0.4, 0.5) is 0 Å². The van der Waals surface area contributed by atoms with Crippen LogP contribution in [0.2, 0.25) is 0 Å². The molecule has 1 atom stereocenters. The molecule has 0 spiro atoms. The Labute approximate surface area is 119 Å². The van der Waals surface area contributed by atoms with E-state index >= 15 is 0 Å². The first kappa shape index (κ1) is 14.4. The normalized spacial score (nSPS) is 12.1. The van der Waals surface area contributed by atoms with Crippen molar-refractivity contribution in [1.82, 2.24) is 0 Å². The lowest BCUT2D eigenvalue weighted by Crippen LogP contribution is -2.06. The Balaban J connectivity index is 2.53. The lowest BCUT2D eigenvalue weighted by molar-refractivity contribution is 0.209. The van der Waals surface area contributed by atoms with Gasteiger partial charge in [-0.25, -0.2) is 0 Å². The second kappa shape index (κ2) is 5.97. The van der Waals surface area contributed by atoms with Gasteiger partial charge in [0.2, 0.25) is 0 Å². The van der Waals surface area contributed by atoms with E-state index in [1.165, 1.54) is 0 Å². The third-order valence-electron chi connectivity index (χ3n) is 3.64. The predicted octanol–water partition coefficient (Wildman–Crippen LogP) is 3.40. The molecule has 0 heterocycles. The molecular weight excluding hydrogens is 252 g/mol. The summed E-state index contributed by atoms with van der Waals surface area (Å²) < 4.78 is 10.8. The zero-order valence-electron chi connectivity index (χ0n) is 12.3. The van der Waals surface area contributed by atoms with Gasteiger partial charge in [0.1, 0.15) is 17.6 Å². The summed E-state index contributed by atoms with van der Waals surface area (Å²) >= 11 is 0. The molecule has 1 N–H and O–H groups in total. The Bertz CT molecular complexity index is 605. The van der Waals surface area contributed by atoms with Gasteiger partial charge in [-0.3, -0.25) is 0 Å². The average Bonchev–Trinajstić information content (AvgIpc) is 2.49. The molecule has 2 aromatic carbocycles. The molecule has 0 aromatic heterocycles. The van der Waals surface area contributed by atoms with Crippen molar-refractivity contribution in [1.29, 1.82) is 0 Å². The van der Waals surface area contributed by atoms with Crippen molar-refractivity contribution >= 4 is 0 Å². The number of rotatable bonds is 4. The largest absolute Gasteiger partial charge is 0.496 e. The molecule has 20 heavy (non-hydrogen) atoms. The van der Waals surface area contributed by atoms with Crippen molar-refractivity contribution in [2.24, 2.45) is 0 Å². The SMILES string of the molecule is COc1ccccc1C(O)c1ccc(C)c(C)c1OC. The van der Waals surface area contributed by atoms with Gasteiger partial charge in [-0.15, -0.1) is 0 Å². The van der Waals surface area contributed by atoms with Gasteiger partial charge >= 0.3 is 0 Å². The van der Waals surface area contributed by atoms with Gasteiger partial charge in [0, 0.05) is 11.1 Å². The zero-order valence-corrected chi connectivity index (χ0v) is 12.3. The van der Waals surface area contributed by atoms with Gasteiger partial charge in [-0.05, 0) is 31.0 Å². The van der Waals surface area contributed by atoms with Crippen molar-refractivity contribution in [2.75, 3.05) is 14.2 Å². The number of aliphatic hydroxyl groups is 1. The highest BCUT2D eigenvalue weighted by atomic mass is 16.5. The maximum Gasteiger partial charge on any atom is 0.128 e. The molecule has 0 bridgehead atoms. The van der Waals surface area contributed by atoms with Gasteiger partial charge in [-0.2, -0.15) is 0 Å². The second-order valence-corrected chi connectivity index (χ2v) is 4.77. The van der Waals surface area contributed by atoms with E-state index in [0.29, 0.717) is 5.75 Å². The number of hydrogen-bond acceptors (Lipinski definition) is 3. The first-order valence-corrected chi connectivity index (χ1v) is 6.55. The third kappa shape index (κ3) is 2.49. The first-order chi connectivity index (χ1) is 9.60. The average molecular weight is 272 g/mol. The Morgan fingerprint density at radius 3 is 2.25 bits per heavy atom. The van der Waals surface area contributed by atoms with Crippen LogP contribution in [-0.2, 0) is 0 Å². The number of aliphatic hydroxyl groups excluding tert-OH is 1. The topological polar surface area (TPSA) is 38.7 Å². The summed E-state index contributed by atoms with van der Waals surface area (Å²) in [5, 5.41) is 10.7. The fourth-order valence-electron chi connectivity index (χ4n) is 2.36. The summed E-state index contributed by atoms with van der Waals surface area (Å²) in [6, 6.07) is 11.4. The van der Waals surface area contributed by atoms with E-state index in [0.717, 1.165) is 28.0 Å². The standard InChI is InChI=1S/C17H20O3/c1-11-9-10-14(17(20-4)12(11)2)16(18)13-7-5-6-8-15(13)19-3/h5-10,16,18H,1-4H3. The fourth-order valence-corrected chi connectivity index (χ4v) is 2.36. The molecule has 3 heteroatoms. The molecule has 106 valence electrons. The van der Waals surface area contributed by atoms with Crippen molar-refractivity contribution in [2.45, 2.75) is 20.0 Å². The van der Waals surface area contributed by atoms with Crippen LogP contribution in [0.3, 0.4) is 0 Å². The predicted molar refractivity (Wildman–Crippen MR) is 79.5 cm³/mol. The van der Waals surface area contributed by atoms with Crippen LogP contribution in [0.25, 0.3) is 0 Å². The van der Waals surface area contributed by atoms with E-state index in [2.05, 4.69) is 0 Å². The van der Waals surface area contributed by atoms with Crippen molar-refractivity contribution < 1.29 is 14.6 Å². The summed E-state index contributed by atoms with van der Waals surface area (Å²) in [5.74, 6) is 1.39. The van der Waals surface area contributed by atoms with Crippen LogP contribution in [0.15, 0.2) is 36.4 Å². The zero-order chi connectivity index (χ0) is 14.7. The lowest BCUT2D eigenvalue weighted by atomic mass is 9.96. The highest BCUT2D eigenvalue weighted by Gasteiger charge is 2.20. The van der Waals surface area contributed by atoms with Gasteiger partial charge in [0.05, 0.1) is 14.2 Å². The summed E-state index contributed by atoms with van der Waals surface area (Å²) in [6.45, 7) is 4.02. The van der Waals surface area contributed by atoms with Crippen molar-refractivity contribution in [3.05, 3.63) is 58.7 Å². The van der Waals surface area contributed by atoms with E-state index in [9.17, 15) is 5.11 Å². The maximum atomic E-state index is 10.7. The van der Waals surface area contributed by atoms with Crippen LogP contribution in [0.5, 0.6) is 11.5 Å². The second-order valence-electron chi connectivity index (χ2n) is 4.77. The van der Waals surface area contributed by atoms with Crippen LogP contribution < -0.4 is 9.47 Å². The number of aryl methyl sites for hydroxylation is 1. The first-order valence-electron chi connectivity index (χ1n) is 6.55. The van der Waals surface area contributed by atoms with Gasteiger partial charge in [-0.1, -0.05) is 30.3 Å². The summed E-state index contributed by atoms with van der Waals surface area (Å²) in [7, 11) is 3.23. The van der Waals surface area contributed by atoms with E-state index in [-0.39, 0.29) is 0 Å². The quantitative estimate of drug-likeness (QED) is 0.927. The van der Waals surface area contributed by atoms with Crippen LogP contribution in [-0.4, -0.2) is 19.3 Å². The highest BCUT2D eigenvalue weighted by molar-refractivity contribution is 5.50. The Kier molecular flexibility index (Phi) is 4.30. The molecule has 2 rings (SSSR count). The number of ether oxygens (including phenoxy) is 2. The number of benzene rings is 2. The van der Waals surface area contributed by atoms with Crippen LogP contribution in [0, 0.1) is 13.8 Å². The van der Waals surface area contributed by atoms with E-state index in [1.807, 2.05) is 50.2 Å². The molecule has 0 aliphatic heterocycles. The van der Waals surface area contributed by atoms with Gasteiger partial charge in [0.25, 0.3) is 0 Å². The smallest absolute Gasteiger partial charge is 0.128 e. The highest BCUT2D eigenvalue weighted by Crippen LogP contribution is 2.37. The molecule has 0 fully saturated rings. The Hall–Kier alpha value is -2.00. The molecule has 2 aromatic rings. The van der Waals surface area contributed by atoms with Gasteiger partial charge in [0.15, 0.2) is 0 Å². The molecule has 0 amide bonds. The number of methoxy groups -OCH3 is 2. The molecular formula is C17H20O3. The summed E-state index contributed by atoms with van der Waals surface area (Å²) in [6.07, 6.45) is -0.777. The van der Waals surface area contributed by atoms with Gasteiger partial charge < -0.3 is 14.6 Å². The molecule has 1 unspecified atom stereocenters. The molecule has 0 aliphatic carbocycles. The van der Waals surface area contributed by atoms with E-state index in [4.69, 9.17) is 9.47 Å². The maximum absolute atomic E-state index is 10.7. The number of hydrogen-bond donors (Lipinski definition) is 1. The van der Waals surface area contributed by atoms with Crippen LogP contribution in [0.1, 0.15) is 28.4 Å². The van der Waals surface area contributed by atoms with Crippen LogP contribution >= 0.6 is 0 Å². The minimum Gasteiger partial charge on any atom is -0.496 e. The Morgan fingerprint density at radius 2 is 1.60 bits per heavy atom. The van der Waals surface area contributed by atoms with Crippen molar-refractivity contribution in [3.8, 4) is 11.5 Å². The van der Waals surface area contributed by atoms with E-state index < -0.39 is 6.10 Å². The van der Waals surface area contributed by atoms with Crippen molar-refractivity contribution in [3.63, 3.8) is 0 Å². The summed E-state index contributed by atoms with van der Waals surface area (Å²) in [4.78, 5) is 0. The van der Waals surface area contributed by atoms with E-state index in [1.54, 1.807) is 14.2 Å². The molecule has 0 saturated carbocycles. The third-order valence-corrected chi connectivity index (χ3v) is 3.64.